The molecule has 2 aliphatic heterocycles. The molecular formula is C36H44F3N5O9S. The van der Waals surface area contributed by atoms with Gasteiger partial charge in [0.05, 0.1) is 11.9 Å². The van der Waals surface area contributed by atoms with Gasteiger partial charge in [0, 0.05) is 23.9 Å². The van der Waals surface area contributed by atoms with Crippen molar-refractivity contribution < 1.29 is 55.0 Å². The van der Waals surface area contributed by atoms with Gasteiger partial charge in [-0.3, -0.25) is 28.7 Å². The second-order valence-electron chi connectivity index (χ2n) is 15.4. The summed E-state index contributed by atoms with van der Waals surface area (Å²) in [4.78, 5) is 60.4. The van der Waals surface area contributed by atoms with Gasteiger partial charge < -0.3 is 20.1 Å². The van der Waals surface area contributed by atoms with Gasteiger partial charge in [-0.25, -0.2) is 18.2 Å². The zero-order valence-corrected chi connectivity index (χ0v) is 30.9. The fourth-order valence-corrected chi connectivity index (χ4v) is 8.39. The van der Waals surface area contributed by atoms with Gasteiger partial charge in [0.1, 0.15) is 23.7 Å². The molecule has 2 aromatic rings. The fourth-order valence-electron chi connectivity index (χ4n) is 7.03. The highest BCUT2D eigenvalue weighted by Gasteiger charge is 2.63. The van der Waals surface area contributed by atoms with E-state index < -0.39 is 93.2 Å². The minimum Gasteiger partial charge on any atom is -0.469 e. The highest BCUT2D eigenvalue weighted by Crippen LogP contribution is 2.46. The van der Waals surface area contributed by atoms with E-state index in [4.69, 9.17) is 9.47 Å². The first-order valence-electron chi connectivity index (χ1n) is 17.9. The van der Waals surface area contributed by atoms with Crippen molar-refractivity contribution in [1.82, 2.24) is 25.2 Å². The van der Waals surface area contributed by atoms with E-state index in [-0.39, 0.29) is 18.9 Å². The van der Waals surface area contributed by atoms with Crippen molar-refractivity contribution in [2.24, 2.45) is 11.3 Å². The van der Waals surface area contributed by atoms with E-state index in [1.807, 2.05) is 22.9 Å². The quantitative estimate of drug-likeness (QED) is 0.348. The molecule has 3 N–H and O–H groups in total. The summed E-state index contributed by atoms with van der Waals surface area (Å²) >= 11 is 0. The number of alkyl carbamates (subject to hydrolysis) is 1. The van der Waals surface area contributed by atoms with Gasteiger partial charge in [-0.15, -0.1) is 19.8 Å². The molecule has 1 saturated heterocycles. The van der Waals surface area contributed by atoms with Crippen molar-refractivity contribution in [2.75, 3.05) is 6.61 Å². The zero-order chi connectivity index (χ0) is 39.2. The number of sulfonamides is 1. The number of carbonyl (C=O) groups excluding carboxylic acids is 4. The predicted octanol–water partition coefficient (Wildman–Crippen LogP) is 3.98. The van der Waals surface area contributed by atoms with Gasteiger partial charge in [-0.1, -0.05) is 39.0 Å². The number of ether oxygens (including phenoxy) is 3. The van der Waals surface area contributed by atoms with Crippen LogP contribution in [0.1, 0.15) is 71.3 Å². The van der Waals surface area contributed by atoms with Crippen LogP contribution in [0.15, 0.2) is 43.1 Å². The monoisotopic (exact) mass is 779 g/mol. The van der Waals surface area contributed by atoms with Crippen molar-refractivity contribution in [3.63, 3.8) is 0 Å². The van der Waals surface area contributed by atoms with Crippen molar-refractivity contribution >= 4 is 44.6 Å². The van der Waals surface area contributed by atoms with E-state index >= 15 is 0 Å². The van der Waals surface area contributed by atoms with Crippen molar-refractivity contribution in [2.45, 2.75) is 114 Å². The molecule has 294 valence electrons. The minimum atomic E-state index is -5.35. The van der Waals surface area contributed by atoms with E-state index in [1.54, 1.807) is 26.8 Å². The van der Waals surface area contributed by atoms with Crippen molar-refractivity contribution in [3.05, 3.63) is 48.7 Å². The summed E-state index contributed by atoms with van der Waals surface area (Å²) in [6.07, 6.45) is -4.84. The van der Waals surface area contributed by atoms with Crippen LogP contribution in [0.3, 0.4) is 0 Å². The average molecular weight is 780 g/mol. The SMILES string of the molecule is C=C[C@@H]1C[C@]1(NC(=O)[C@@H]1C[C@H]2Oc3nccc4ccc(cc34)CCCCCOC(=O)N[C@@H](C(C)(C)C)C(=O)N1C2OC(F)(F)F)C(=O)NS(=O)(=O)C1CC1. The van der Waals surface area contributed by atoms with Crippen LogP contribution in [-0.2, 0) is 40.3 Å². The Hall–Kier alpha value is -4.45. The molecule has 1 aromatic carbocycles. The summed E-state index contributed by atoms with van der Waals surface area (Å²) < 4.78 is 86.4. The number of fused-ring (bicyclic) bond motifs is 3. The lowest BCUT2D eigenvalue weighted by atomic mass is 9.85. The number of cyclic esters (lactones) is 1. The maximum atomic E-state index is 14.6. The molecule has 3 fully saturated rings. The van der Waals surface area contributed by atoms with E-state index in [0.29, 0.717) is 47.8 Å². The van der Waals surface area contributed by atoms with Crippen LogP contribution >= 0.6 is 0 Å². The molecule has 4 aliphatic rings. The molecule has 54 heavy (non-hydrogen) atoms. The van der Waals surface area contributed by atoms with Crippen molar-refractivity contribution in [1.29, 1.82) is 0 Å². The lowest BCUT2D eigenvalue weighted by Gasteiger charge is -2.38. The topological polar surface area (TPSA) is 182 Å². The van der Waals surface area contributed by atoms with Gasteiger partial charge in [-0.2, -0.15) is 0 Å². The van der Waals surface area contributed by atoms with Crippen LogP contribution in [0.2, 0.25) is 0 Å². The number of nitrogens with one attached hydrogen (secondary N) is 3. The molecule has 4 amide bonds. The number of benzene rings is 1. The maximum absolute atomic E-state index is 14.6. The predicted molar refractivity (Wildman–Crippen MR) is 187 cm³/mol. The third-order valence-corrected chi connectivity index (χ3v) is 12.0. The molecule has 1 unspecified atom stereocenters. The third kappa shape index (κ3) is 8.43. The molecule has 0 spiro atoms. The van der Waals surface area contributed by atoms with Gasteiger partial charge in [0.15, 0.2) is 6.23 Å². The molecule has 14 nitrogen and oxygen atoms in total. The number of halogens is 3. The molecular weight excluding hydrogens is 735 g/mol. The number of hydrogen-bond donors (Lipinski definition) is 3. The normalized spacial score (nSPS) is 28.3. The summed E-state index contributed by atoms with van der Waals surface area (Å²) in [6.45, 7) is 8.39. The highest BCUT2D eigenvalue weighted by molar-refractivity contribution is 7.91. The Morgan fingerprint density at radius 2 is 1.87 bits per heavy atom. The number of aryl methyl sites for hydroxylation is 1. The van der Waals surface area contributed by atoms with Crippen LogP contribution in [0, 0.1) is 11.3 Å². The summed E-state index contributed by atoms with van der Waals surface area (Å²) in [5.74, 6) is -4.03. The van der Waals surface area contributed by atoms with Crippen LogP contribution in [0.25, 0.3) is 10.8 Å². The Labute approximate surface area is 310 Å². The number of carbonyl (C=O) groups is 4. The third-order valence-electron chi connectivity index (χ3n) is 10.2. The Morgan fingerprint density at radius 3 is 2.52 bits per heavy atom. The van der Waals surface area contributed by atoms with Crippen LogP contribution < -0.4 is 20.1 Å². The van der Waals surface area contributed by atoms with Crippen molar-refractivity contribution in [3.8, 4) is 5.88 Å². The molecule has 2 saturated carbocycles. The standard InChI is InChI=1S/C36H44F3N5O9S/c1-5-22-19-35(22,32(47)43-54(49,50)23-12-13-23)42-28(45)25-18-26-31(53-36(37,38)39)44(25)30(46)27(34(2,3)4)41-33(48)51-16-8-6-7-9-20-10-11-21-14-15-40-29(52-26)24(21)17-20/h5,10-11,14-15,17,22-23,25-27,31H,1,6-9,12-13,16,18-19H2,2-4H3,(H,41,48)(H,42,45)(H,43,47)/t22-,25+,26-,27-,31?,35-/m1/s1. The molecule has 2 aliphatic carbocycles. The van der Waals surface area contributed by atoms with E-state index in [2.05, 4.69) is 26.9 Å². The molecule has 6 rings (SSSR count). The first kappa shape index (κ1) is 39.2. The summed E-state index contributed by atoms with van der Waals surface area (Å²) in [6, 6.07) is 3.92. The largest absolute Gasteiger partial charge is 0.524 e. The molecule has 4 bridgehead atoms. The highest BCUT2D eigenvalue weighted by atomic mass is 32.2. The van der Waals surface area contributed by atoms with E-state index in [0.717, 1.165) is 12.0 Å². The number of aromatic nitrogens is 1. The van der Waals surface area contributed by atoms with E-state index in [9.17, 15) is 40.8 Å². The molecule has 0 radical (unpaired) electrons. The second kappa shape index (κ2) is 14.7. The number of alkyl halides is 3. The zero-order valence-electron chi connectivity index (χ0n) is 30.1. The Balaban J connectivity index is 1.43. The molecule has 18 heteroatoms. The van der Waals surface area contributed by atoms with Gasteiger partial charge in [0.25, 0.3) is 5.91 Å². The number of amides is 4. The smallest absolute Gasteiger partial charge is 0.469 e. The van der Waals surface area contributed by atoms with E-state index in [1.165, 1.54) is 12.3 Å². The van der Waals surface area contributed by atoms with Gasteiger partial charge >= 0.3 is 12.5 Å². The van der Waals surface area contributed by atoms with Crippen LogP contribution in [0.5, 0.6) is 5.88 Å². The summed E-state index contributed by atoms with van der Waals surface area (Å²) in [5.41, 5.74) is -2.07. The lowest BCUT2D eigenvalue weighted by Crippen LogP contribution is -2.62. The number of hydrogen-bond acceptors (Lipinski definition) is 10. The minimum absolute atomic E-state index is 0.0121. The molecule has 6 atom stereocenters. The fraction of sp³-hybridized carbons (Fsp3) is 0.583. The Morgan fingerprint density at radius 1 is 1.13 bits per heavy atom. The lowest BCUT2D eigenvalue weighted by molar-refractivity contribution is -0.361. The Bertz CT molecular complexity index is 1930. The van der Waals surface area contributed by atoms with Crippen LogP contribution in [-0.4, -0.2) is 90.3 Å². The number of nitrogens with zero attached hydrogens (tertiary/aromatic N) is 2. The summed E-state index contributed by atoms with van der Waals surface area (Å²) in [7, 11) is -4.05. The molecule has 3 heterocycles. The summed E-state index contributed by atoms with van der Waals surface area (Å²) in [5, 5.41) is 5.41. The average Bonchev–Trinajstić information content (AvgIpc) is 4.01. The first-order valence-corrected chi connectivity index (χ1v) is 19.4. The Kier molecular flexibility index (Phi) is 10.7. The van der Waals surface area contributed by atoms with Gasteiger partial charge in [-0.05, 0) is 73.4 Å². The van der Waals surface area contributed by atoms with Crippen LogP contribution in [0.4, 0.5) is 18.0 Å². The number of rotatable bonds is 7. The molecule has 1 aromatic heterocycles. The second-order valence-corrected chi connectivity index (χ2v) is 17.3. The first-order chi connectivity index (χ1) is 25.3. The maximum Gasteiger partial charge on any atom is 0.524 e. The van der Waals surface area contributed by atoms with Gasteiger partial charge in [0.2, 0.25) is 27.7 Å². The number of pyridine rings is 1.